The Labute approximate surface area is 151 Å². The van der Waals surface area contributed by atoms with Gasteiger partial charge in [0.1, 0.15) is 17.3 Å². The zero-order valence-electron chi connectivity index (χ0n) is 13.3. The van der Waals surface area contributed by atoms with Crippen LogP contribution >= 0.6 is 0 Å². The maximum Gasteiger partial charge on any atom is 0.382 e. The molecule has 27 heavy (non-hydrogen) atoms. The zero-order chi connectivity index (χ0) is 19.8. The lowest BCUT2D eigenvalue weighted by molar-refractivity contribution is -0.136. The van der Waals surface area contributed by atoms with Crippen LogP contribution in [0.3, 0.4) is 0 Å². The van der Waals surface area contributed by atoms with Crippen LogP contribution in [0, 0.1) is 17.1 Å². The lowest BCUT2D eigenvalue weighted by atomic mass is 9.96. The number of halogens is 3. The number of rotatable bonds is 2. The third-order valence-electron chi connectivity index (χ3n) is 4.74. The molecular weight excluding hydrogens is 387 g/mol. The average Bonchev–Trinajstić information content (AvgIpc) is 2.92. The molecule has 2 unspecified atom stereocenters. The molecule has 10 heteroatoms. The molecule has 1 heterocycles. The molecule has 0 saturated heterocycles. The Bertz CT molecular complexity index is 1140. The van der Waals surface area contributed by atoms with Crippen molar-refractivity contribution in [2.75, 3.05) is 0 Å². The number of alkyl halides is 2. The van der Waals surface area contributed by atoms with E-state index in [-0.39, 0.29) is 22.6 Å². The molecule has 1 aliphatic heterocycles. The summed E-state index contributed by atoms with van der Waals surface area (Å²) in [5.41, 5.74) is -4.07. The molecule has 4 rings (SSSR count). The SMILES string of the molecule is N#Cc1cc(F)cc(Oc2ccc3c4c2C(O)CC4(O)C(F)(F)S3(=O)=O)c1. The van der Waals surface area contributed by atoms with Gasteiger partial charge in [0.25, 0.3) is 0 Å². The van der Waals surface area contributed by atoms with Crippen molar-refractivity contribution in [1.29, 1.82) is 5.26 Å². The van der Waals surface area contributed by atoms with Gasteiger partial charge in [-0.05, 0) is 24.3 Å². The molecule has 140 valence electrons. The van der Waals surface area contributed by atoms with Crippen LogP contribution in [0.1, 0.15) is 29.2 Å². The number of hydrogen-bond acceptors (Lipinski definition) is 6. The first-order valence-electron chi connectivity index (χ1n) is 7.62. The second kappa shape index (κ2) is 5.22. The van der Waals surface area contributed by atoms with Crippen molar-refractivity contribution in [2.45, 2.75) is 28.3 Å². The van der Waals surface area contributed by atoms with Gasteiger partial charge in [0.15, 0.2) is 5.60 Å². The van der Waals surface area contributed by atoms with E-state index in [1.54, 1.807) is 6.07 Å². The second-order valence-corrected chi connectivity index (χ2v) is 8.30. The molecule has 2 N–H and O–H groups in total. The van der Waals surface area contributed by atoms with Gasteiger partial charge in [-0.15, -0.1) is 0 Å². The molecule has 0 fully saturated rings. The van der Waals surface area contributed by atoms with Crippen LogP contribution in [0.4, 0.5) is 13.2 Å². The van der Waals surface area contributed by atoms with Crippen LogP contribution in [0.5, 0.6) is 11.5 Å². The average molecular weight is 397 g/mol. The molecular formula is C17H10F3NO5S. The molecule has 6 nitrogen and oxygen atoms in total. The van der Waals surface area contributed by atoms with Crippen molar-refractivity contribution < 1.29 is 36.5 Å². The standard InChI is InChI=1S/C17H10F3NO5S/c18-9-3-8(7-21)4-10(5-9)26-12-1-2-13-15-14(12)11(22)6-16(15,23)17(19,20)27(13,24)25/h1-5,11,22-23H,6H2. The number of hydrogen-bond donors (Lipinski definition) is 2. The highest BCUT2D eigenvalue weighted by molar-refractivity contribution is 7.93. The van der Waals surface area contributed by atoms with Gasteiger partial charge >= 0.3 is 5.25 Å². The summed E-state index contributed by atoms with van der Waals surface area (Å²) in [5.74, 6) is -1.16. The summed E-state index contributed by atoms with van der Waals surface area (Å²) < 4.78 is 72.0. The van der Waals surface area contributed by atoms with E-state index < -0.39 is 49.5 Å². The molecule has 0 bridgehead atoms. The van der Waals surface area contributed by atoms with E-state index in [0.717, 1.165) is 24.3 Å². The van der Waals surface area contributed by atoms with Crippen molar-refractivity contribution in [2.24, 2.45) is 0 Å². The van der Waals surface area contributed by atoms with E-state index >= 15 is 0 Å². The van der Waals surface area contributed by atoms with Crippen LogP contribution in [0.15, 0.2) is 35.2 Å². The fourth-order valence-electron chi connectivity index (χ4n) is 3.57. The van der Waals surface area contributed by atoms with Crippen molar-refractivity contribution in [1.82, 2.24) is 0 Å². The van der Waals surface area contributed by atoms with Gasteiger partial charge in [-0.3, -0.25) is 0 Å². The summed E-state index contributed by atoms with van der Waals surface area (Å²) in [6.45, 7) is 0. The molecule has 2 aliphatic rings. The van der Waals surface area contributed by atoms with Crippen LogP contribution in [-0.2, 0) is 15.4 Å². The van der Waals surface area contributed by atoms with Crippen LogP contribution in [0.2, 0.25) is 0 Å². The number of aliphatic hydroxyl groups excluding tert-OH is 1. The summed E-state index contributed by atoms with van der Waals surface area (Å²) in [6, 6.07) is 6.67. The van der Waals surface area contributed by atoms with Crippen molar-refractivity contribution in [3.63, 3.8) is 0 Å². The van der Waals surface area contributed by atoms with Crippen molar-refractivity contribution in [3.8, 4) is 17.6 Å². The Morgan fingerprint density at radius 1 is 1.26 bits per heavy atom. The Balaban J connectivity index is 1.91. The Morgan fingerprint density at radius 2 is 1.96 bits per heavy atom. The molecule has 2 aromatic carbocycles. The van der Waals surface area contributed by atoms with Gasteiger partial charge in [-0.2, -0.15) is 14.0 Å². The largest absolute Gasteiger partial charge is 0.457 e. The predicted molar refractivity (Wildman–Crippen MR) is 83.2 cm³/mol. The number of sulfone groups is 1. The Kier molecular flexibility index (Phi) is 3.44. The van der Waals surface area contributed by atoms with Crippen molar-refractivity contribution >= 4 is 9.84 Å². The minimum Gasteiger partial charge on any atom is -0.457 e. The van der Waals surface area contributed by atoms with Gasteiger partial charge < -0.3 is 14.9 Å². The quantitative estimate of drug-likeness (QED) is 0.806. The number of benzene rings is 2. The highest BCUT2D eigenvalue weighted by Crippen LogP contribution is 2.63. The first-order chi connectivity index (χ1) is 12.5. The maximum atomic E-state index is 14.4. The molecule has 0 radical (unpaired) electrons. The minimum atomic E-state index is -5.15. The molecule has 0 saturated carbocycles. The van der Waals surface area contributed by atoms with E-state index in [2.05, 4.69) is 0 Å². The fourth-order valence-corrected chi connectivity index (χ4v) is 5.27. The zero-order valence-corrected chi connectivity index (χ0v) is 14.1. The molecule has 1 aliphatic carbocycles. The highest BCUT2D eigenvalue weighted by Gasteiger charge is 2.73. The molecule has 0 aromatic heterocycles. The topological polar surface area (TPSA) is 108 Å². The lowest BCUT2D eigenvalue weighted by Gasteiger charge is -2.25. The third-order valence-corrected chi connectivity index (χ3v) is 6.67. The third kappa shape index (κ3) is 2.10. The smallest absolute Gasteiger partial charge is 0.382 e. The van der Waals surface area contributed by atoms with E-state index in [1.807, 2.05) is 0 Å². The van der Waals surface area contributed by atoms with Crippen LogP contribution in [0.25, 0.3) is 0 Å². The molecule has 0 amide bonds. The number of ether oxygens (including phenoxy) is 1. The number of nitrogens with zero attached hydrogens (tertiary/aromatic N) is 1. The number of aliphatic hydroxyl groups is 2. The van der Waals surface area contributed by atoms with Gasteiger partial charge in [0.2, 0.25) is 9.84 Å². The molecule has 2 atom stereocenters. The summed E-state index contributed by atoms with van der Waals surface area (Å²) in [4.78, 5) is -0.786. The Morgan fingerprint density at radius 3 is 2.63 bits per heavy atom. The summed E-state index contributed by atoms with van der Waals surface area (Å²) in [6.07, 6.45) is -2.56. The molecule has 2 aromatic rings. The van der Waals surface area contributed by atoms with E-state index in [0.29, 0.717) is 0 Å². The predicted octanol–water partition coefficient (Wildman–Crippen LogP) is 2.49. The first kappa shape index (κ1) is 17.8. The fraction of sp³-hybridized carbons (Fsp3) is 0.235. The van der Waals surface area contributed by atoms with E-state index in [9.17, 15) is 31.8 Å². The molecule has 0 spiro atoms. The second-order valence-electron chi connectivity index (χ2n) is 6.34. The monoisotopic (exact) mass is 397 g/mol. The van der Waals surface area contributed by atoms with E-state index in [1.165, 1.54) is 6.07 Å². The van der Waals surface area contributed by atoms with Crippen LogP contribution < -0.4 is 4.74 Å². The van der Waals surface area contributed by atoms with Crippen molar-refractivity contribution in [3.05, 3.63) is 52.8 Å². The summed E-state index contributed by atoms with van der Waals surface area (Å²) in [7, 11) is -5.15. The normalized spacial score (nSPS) is 26.4. The lowest BCUT2D eigenvalue weighted by Crippen LogP contribution is -2.43. The van der Waals surface area contributed by atoms with E-state index in [4.69, 9.17) is 10.00 Å². The van der Waals surface area contributed by atoms with Crippen LogP contribution in [-0.4, -0.2) is 23.9 Å². The summed E-state index contributed by atoms with van der Waals surface area (Å²) in [5, 5.41) is 25.0. The maximum absolute atomic E-state index is 14.4. The minimum absolute atomic E-state index is 0.0613. The first-order valence-corrected chi connectivity index (χ1v) is 9.10. The summed E-state index contributed by atoms with van der Waals surface area (Å²) >= 11 is 0. The van der Waals surface area contributed by atoms with Gasteiger partial charge in [-0.1, -0.05) is 0 Å². The van der Waals surface area contributed by atoms with Gasteiger partial charge in [0.05, 0.1) is 22.6 Å². The highest BCUT2D eigenvalue weighted by atomic mass is 32.2. The number of nitriles is 1. The van der Waals surface area contributed by atoms with Gasteiger partial charge in [-0.25, -0.2) is 12.8 Å². The van der Waals surface area contributed by atoms with Gasteiger partial charge in [0, 0.05) is 23.6 Å². The Hall–Kier alpha value is -2.61.